The fourth-order valence-corrected chi connectivity index (χ4v) is 4.71. The smallest absolute Gasteiger partial charge is 0.250 e. The first kappa shape index (κ1) is 22.8. The van der Waals surface area contributed by atoms with Crippen molar-refractivity contribution < 1.29 is 14.3 Å². The first-order valence-corrected chi connectivity index (χ1v) is 11.6. The Morgan fingerprint density at radius 1 is 1.12 bits per heavy atom. The Balaban J connectivity index is 1.34. The molecule has 3 aromatic rings. The van der Waals surface area contributed by atoms with E-state index in [0.717, 1.165) is 48.0 Å². The summed E-state index contributed by atoms with van der Waals surface area (Å²) in [5.41, 5.74) is 10.2. The first-order chi connectivity index (χ1) is 16.0. The quantitative estimate of drug-likeness (QED) is 0.585. The van der Waals surface area contributed by atoms with Crippen molar-refractivity contribution in [1.29, 1.82) is 0 Å². The molecule has 172 valence electrons. The predicted octanol–water partition coefficient (Wildman–Crippen LogP) is 4.38. The summed E-state index contributed by atoms with van der Waals surface area (Å²) in [7, 11) is 1.67. The fourth-order valence-electron chi connectivity index (χ4n) is 4.71. The number of ether oxygens (including phenoxy) is 1. The minimum absolute atomic E-state index is 0.128. The number of methoxy groups -OCH3 is 1. The van der Waals surface area contributed by atoms with E-state index in [1.807, 2.05) is 47.4 Å². The van der Waals surface area contributed by atoms with E-state index >= 15 is 0 Å². The molecule has 6 nitrogen and oxygen atoms in total. The van der Waals surface area contributed by atoms with Crippen LogP contribution in [0.3, 0.4) is 0 Å². The van der Waals surface area contributed by atoms with E-state index in [9.17, 15) is 9.59 Å². The average molecular weight is 446 g/mol. The van der Waals surface area contributed by atoms with Crippen LogP contribution < -0.4 is 10.5 Å². The summed E-state index contributed by atoms with van der Waals surface area (Å²) in [4.78, 5) is 31.6. The number of aromatic nitrogens is 1. The van der Waals surface area contributed by atoms with Crippen LogP contribution in [0.1, 0.15) is 58.8 Å². The van der Waals surface area contributed by atoms with Crippen LogP contribution in [0, 0.1) is 6.92 Å². The molecule has 2 heterocycles. The average Bonchev–Trinajstić information content (AvgIpc) is 2.84. The van der Waals surface area contributed by atoms with Crippen molar-refractivity contribution in [2.45, 2.75) is 44.9 Å². The van der Waals surface area contributed by atoms with Crippen molar-refractivity contribution in [1.82, 2.24) is 9.88 Å². The van der Waals surface area contributed by atoms with Gasteiger partial charge in [0, 0.05) is 30.8 Å². The van der Waals surface area contributed by atoms with Crippen LogP contribution >= 0.6 is 0 Å². The minimum Gasteiger partial charge on any atom is -0.497 e. The number of carbonyl (C=O) groups excluding carboxylic acids is 2. The van der Waals surface area contributed by atoms with Crippen LogP contribution in [-0.4, -0.2) is 41.9 Å². The summed E-state index contributed by atoms with van der Waals surface area (Å²) in [5, 5.41) is 0.912. The molecule has 1 fully saturated rings. The molecule has 33 heavy (non-hydrogen) atoms. The second-order valence-corrected chi connectivity index (χ2v) is 8.78. The number of fused-ring (bicyclic) bond motifs is 1. The second-order valence-electron chi connectivity index (χ2n) is 8.78. The van der Waals surface area contributed by atoms with Crippen molar-refractivity contribution in [3.05, 3.63) is 70.9 Å². The van der Waals surface area contributed by atoms with Gasteiger partial charge in [0.25, 0.3) is 5.91 Å². The number of primary amides is 1. The van der Waals surface area contributed by atoms with Crippen LogP contribution in [0.15, 0.2) is 48.5 Å². The van der Waals surface area contributed by atoms with Gasteiger partial charge in [0.15, 0.2) is 0 Å². The number of hydrogen-bond donors (Lipinski definition) is 1. The summed E-state index contributed by atoms with van der Waals surface area (Å²) in [6, 6.07) is 15.7. The normalized spacial score (nSPS) is 14.4. The molecular formula is C27H31N3O3. The first-order valence-electron chi connectivity index (χ1n) is 11.6. The largest absolute Gasteiger partial charge is 0.497 e. The van der Waals surface area contributed by atoms with E-state index in [-0.39, 0.29) is 11.8 Å². The Bertz CT molecular complexity index is 1170. The van der Waals surface area contributed by atoms with Gasteiger partial charge in [0.2, 0.25) is 5.91 Å². The Kier molecular flexibility index (Phi) is 6.92. The molecule has 0 bridgehead atoms. The van der Waals surface area contributed by atoms with Crippen LogP contribution in [0.2, 0.25) is 0 Å². The Morgan fingerprint density at radius 2 is 1.88 bits per heavy atom. The number of pyridine rings is 1. The molecule has 0 spiro atoms. The zero-order valence-electron chi connectivity index (χ0n) is 19.3. The number of piperidine rings is 1. The number of carbonyl (C=O) groups is 2. The number of amides is 2. The topological polar surface area (TPSA) is 85.5 Å². The monoisotopic (exact) mass is 445 g/mol. The van der Waals surface area contributed by atoms with Gasteiger partial charge in [-0.2, -0.15) is 0 Å². The summed E-state index contributed by atoms with van der Waals surface area (Å²) >= 11 is 0. The van der Waals surface area contributed by atoms with Gasteiger partial charge in [0.05, 0.1) is 23.9 Å². The number of nitrogens with zero attached hydrogens (tertiary/aromatic N) is 2. The van der Waals surface area contributed by atoms with Gasteiger partial charge >= 0.3 is 0 Å². The molecule has 0 radical (unpaired) electrons. The van der Waals surface area contributed by atoms with Gasteiger partial charge in [-0.25, -0.2) is 0 Å². The van der Waals surface area contributed by atoms with Gasteiger partial charge in [0.1, 0.15) is 5.75 Å². The summed E-state index contributed by atoms with van der Waals surface area (Å²) < 4.78 is 5.26. The molecule has 2 aromatic carbocycles. The van der Waals surface area contributed by atoms with E-state index in [4.69, 9.17) is 15.5 Å². The molecule has 0 aliphatic carbocycles. The Hall–Kier alpha value is -3.41. The molecule has 1 aliphatic heterocycles. The fraction of sp³-hybridized carbons (Fsp3) is 0.370. The lowest BCUT2D eigenvalue weighted by atomic mass is 9.89. The highest BCUT2D eigenvalue weighted by Crippen LogP contribution is 2.31. The van der Waals surface area contributed by atoms with Crippen LogP contribution in [-0.2, 0) is 11.2 Å². The highest BCUT2D eigenvalue weighted by atomic mass is 16.5. The van der Waals surface area contributed by atoms with Gasteiger partial charge < -0.3 is 15.4 Å². The standard InChI is InChI=1S/C27H31N3O3/c1-18-16-22(33-2)11-10-19(18)7-5-9-25(31)30-14-12-20(13-15-30)26-23(27(28)32)17-21-6-3-4-8-24(21)29-26/h3-4,6,8,10-11,16-17,20H,5,7,9,12-15H2,1-2H3,(H2,28,32). The van der Waals surface area contributed by atoms with Gasteiger partial charge in [-0.3, -0.25) is 14.6 Å². The third-order valence-electron chi connectivity index (χ3n) is 6.64. The number of aryl methyl sites for hydroxylation is 2. The highest BCUT2D eigenvalue weighted by molar-refractivity contribution is 5.97. The van der Waals surface area contributed by atoms with E-state index in [1.165, 1.54) is 11.1 Å². The van der Waals surface area contributed by atoms with Crippen molar-refractivity contribution in [2.75, 3.05) is 20.2 Å². The number of para-hydroxylation sites is 1. The molecule has 6 heteroatoms. The number of nitrogens with two attached hydrogens (primary N) is 1. The molecule has 2 N–H and O–H groups in total. The molecular weight excluding hydrogens is 414 g/mol. The Labute approximate surface area is 194 Å². The van der Waals surface area contributed by atoms with E-state index in [2.05, 4.69) is 13.0 Å². The number of likely N-dealkylation sites (tertiary alicyclic amines) is 1. The summed E-state index contributed by atoms with van der Waals surface area (Å²) in [6.07, 6.45) is 3.81. The minimum atomic E-state index is -0.449. The Morgan fingerprint density at radius 3 is 2.58 bits per heavy atom. The maximum absolute atomic E-state index is 12.8. The molecule has 1 aliphatic rings. The third kappa shape index (κ3) is 5.16. The second kappa shape index (κ2) is 10.0. The van der Waals surface area contributed by atoms with Crippen LogP contribution in [0.25, 0.3) is 10.9 Å². The molecule has 4 rings (SSSR count). The number of benzene rings is 2. The van der Waals surface area contributed by atoms with E-state index in [0.29, 0.717) is 25.1 Å². The summed E-state index contributed by atoms with van der Waals surface area (Å²) in [5.74, 6) is 0.732. The third-order valence-corrected chi connectivity index (χ3v) is 6.64. The van der Waals surface area contributed by atoms with Crippen LogP contribution in [0.4, 0.5) is 0 Å². The lowest BCUT2D eigenvalue weighted by Crippen LogP contribution is -2.38. The van der Waals surface area contributed by atoms with Crippen LogP contribution in [0.5, 0.6) is 5.75 Å². The zero-order chi connectivity index (χ0) is 23.4. The molecule has 1 aromatic heterocycles. The molecule has 0 saturated carbocycles. The molecule has 0 unspecified atom stereocenters. The van der Waals surface area contributed by atoms with E-state index in [1.54, 1.807) is 7.11 Å². The van der Waals surface area contributed by atoms with Crippen molar-refractivity contribution in [3.8, 4) is 5.75 Å². The summed E-state index contributed by atoms with van der Waals surface area (Å²) in [6.45, 7) is 3.43. The molecule has 0 atom stereocenters. The van der Waals surface area contributed by atoms with Crippen molar-refractivity contribution in [3.63, 3.8) is 0 Å². The highest BCUT2D eigenvalue weighted by Gasteiger charge is 2.27. The van der Waals surface area contributed by atoms with Gasteiger partial charge in [-0.1, -0.05) is 24.3 Å². The predicted molar refractivity (Wildman–Crippen MR) is 129 cm³/mol. The lowest BCUT2D eigenvalue weighted by molar-refractivity contribution is -0.132. The SMILES string of the molecule is COc1ccc(CCCC(=O)N2CCC(c3nc4ccccc4cc3C(N)=O)CC2)c(C)c1. The lowest BCUT2D eigenvalue weighted by Gasteiger charge is -2.32. The van der Waals surface area contributed by atoms with Gasteiger partial charge in [-0.15, -0.1) is 0 Å². The number of hydrogen-bond acceptors (Lipinski definition) is 4. The maximum Gasteiger partial charge on any atom is 0.250 e. The molecule has 1 saturated heterocycles. The molecule has 2 amide bonds. The van der Waals surface area contributed by atoms with Crippen molar-refractivity contribution in [2.24, 2.45) is 5.73 Å². The van der Waals surface area contributed by atoms with E-state index < -0.39 is 5.91 Å². The number of rotatable bonds is 7. The zero-order valence-corrected chi connectivity index (χ0v) is 19.3. The maximum atomic E-state index is 12.8. The van der Waals surface area contributed by atoms with Crippen molar-refractivity contribution >= 4 is 22.7 Å². The van der Waals surface area contributed by atoms with Gasteiger partial charge in [-0.05, 0) is 68.0 Å².